The number of hydrogen-bond acceptors (Lipinski definition) is 6. The van der Waals surface area contributed by atoms with Crippen molar-refractivity contribution in [3.8, 4) is 11.3 Å². The predicted octanol–water partition coefficient (Wildman–Crippen LogP) is 4.33. The van der Waals surface area contributed by atoms with E-state index in [1.54, 1.807) is 0 Å². The molecule has 7 nitrogen and oxygen atoms in total. The van der Waals surface area contributed by atoms with E-state index >= 15 is 0 Å². The van der Waals surface area contributed by atoms with Crippen LogP contribution < -0.4 is 11.1 Å². The topological polar surface area (TPSA) is 84.9 Å². The molecule has 3 N–H and O–H groups in total. The van der Waals surface area contributed by atoms with Gasteiger partial charge in [0, 0.05) is 18.7 Å². The zero-order valence-electron chi connectivity index (χ0n) is 19.2. The highest BCUT2D eigenvalue weighted by Crippen LogP contribution is 2.32. The maximum Gasteiger partial charge on any atom is 0.225 e. The van der Waals surface area contributed by atoms with Gasteiger partial charge in [-0.1, -0.05) is 60.5 Å². The lowest BCUT2D eigenvalue weighted by atomic mass is 10.1. The van der Waals surface area contributed by atoms with Gasteiger partial charge in [-0.15, -0.1) is 5.10 Å². The van der Waals surface area contributed by atoms with Crippen LogP contribution in [0.1, 0.15) is 30.4 Å². The van der Waals surface area contributed by atoms with E-state index in [9.17, 15) is 0 Å². The standard InChI is InChI=1S/C26H31N7/c1-19-9-8-12-21(17-19)23-22-24(27)33(18-20-10-4-2-5-11-20)31-25(22)30-26(29-23)28-13-16-32-14-6-3-7-15-32/h2,4-5,8-12,17H,3,6-7,13-16,18,27H2,1H3,(H,28,30,31). The molecule has 1 saturated heterocycles. The van der Waals surface area contributed by atoms with E-state index in [1.807, 2.05) is 28.9 Å². The Bertz CT molecular complexity index is 1230. The highest BCUT2D eigenvalue weighted by atomic mass is 15.3. The van der Waals surface area contributed by atoms with E-state index in [2.05, 4.69) is 47.5 Å². The first-order valence-electron chi connectivity index (χ1n) is 11.8. The van der Waals surface area contributed by atoms with E-state index in [0.717, 1.165) is 35.3 Å². The molecule has 2 aromatic heterocycles. The van der Waals surface area contributed by atoms with E-state index in [1.165, 1.54) is 37.9 Å². The van der Waals surface area contributed by atoms with Gasteiger partial charge in [0.15, 0.2) is 5.65 Å². The van der Waals surface area contributed by atoms with Gasteiger partial charge in [0.25, 0.3) is 0 Å². The van der Waals surface area contributed by atoms with Crippen molar-refractivity contribution in [2.75, 3.05) is 37.2 Å². The second-order valence-electron chi connectivity index (χ2n) is 8.82. The van der Waals surface area contributed by atoms with Gasteiger partial charge in [-0.05, 0) is 44.5 Å². The van der Waals surface area contributed by atoms with Crippen LogP contribution in [0.15, 0.2) is 54.6 Å². The first-order valence-corrected chi connectivity index (χ1v) is 11.8. The van der Waals surface area contributed by atoms with Crippen LogP contribution in [0.4, 0.5) is 11.8 Å². The van der Waals surface area contributed by atoms with Crippen molar-refractivity contribution < 1.29 is 0 Å². The molecule has 1 aliphatic rings. The van der Waals surface area contributed by atoms with Gasteiger partial charge in [-0.3, -0.25) is 0 Å². The van der Waals surface area contributed by atoms with Crippen LogP contribution in [0.3, 0.4) is 0 Å². The van der Waals surface area contributed by atoms with Crippen LogP contribution >= 0.6 is 0 Å². The summed E-state index contributed by atoms with van der Waals surface area (Å²) in [5, 5.41) is 9.00. The van der Waals surface area contributed by atoms with Crippen LogP contribution in [0.5, 0.6) is 0 Å². The minimum Gasteiger partial charge on any atom is -0.383 e. The number of nitrogen functional groups attached to an aromatic ring is 1. The summed E-state index contributed by atoms with van der Waals surface area (Å²) in [6.45, 7) is 6.83. The number of fused-ring (bicyclic) bond motifs is 1. The zero-order chi connectivity index (χ0) is 22.6. The highest BCUT2D eigenvalue weighted by Gasteiger charge is 2.19. The Morgan fingerprint density at radius 1 is 0.970 bits per heavy atom. The fraction of sp³-hybridized carbons (Fsp3) is 0.346. The number of hydrogen-bond donors (Lipinski definition) is 2. The van der Waals surface area contributed by atoms with Crippen molar-refractivity contribution in [3.63, 3.8) is 0 Å². The van der Waals surface area contributed by atoms with Crippen molar-refractivity contribution in [2.24, 2.45) is 0 Å². The minimum absolute atomic E-state index is 0.588. The molecule has 0 saturated carbocycles. The second kappa shape index (κ2) is 9.58. The predicted molar refractivity (Wildman–Crippen MR) is 134 cm³/mol. The number of aromatic nitrogens is 4. The molecular formula is C26H31N7. The van der Waals surface area contributed by atoms with Crippen LogP contribution in [0.2, 0.25) is 0 Å². The number of nitrogens with one attached hydrogen (secondary N) is 1. The van der Waals surface area contributed by atoms with Crippen LogP contribution in [-0.2, 0) is 6.54 Å². The normalized spacial score (nSPS) is 14.6. The van der Waals surface area contributed by atoms with Crippen molar-refractivity contribution in [2.45, 2.75) is 32.7 Å². The molecule has 33 heavy (non-hydrogen) atoms. The van der Waals surface area contributed by atoms with E-state index < -0.39 is 0 Å². The Morgan fingerprint density at radius 3 is 2.58 bits per heavy atom. The molecule has 1 aliphatic heterocycles. The summed E-state index contributed by atoms with van der Waals surface area (Å²) in [4.78, 5) is 12.1. The molecule has 170 valence electrons. The van der Waals surface area contributed by atoms with Gasteiger partial charge in [0.05, 0.1) is 17.6 Å². The fourth-order valence-corrected chi connectivity index (χ4v) is 4.52. The summed E-state index contributed by atoms with van der Waals surface area (Å²) in [6.07, 6.45) is 3.92. The lowest BCUT2D eigenvalue weighted by Crippen LogP contribution is -2.33. The average molecular weight is 442 g/mol. The Labute approximate surface area is 194 Å². The Balaban J connectivity index is 1.49. The third-order valence-electron chi connectivity index (χ3n) is 6.27. The maximum atomic E-state index is 6.60. The molecule has 0 atom stereocenters. The molecule has 0 aliphatic carbocycles. The number of nitrogens with zero attached hydrogens (tertiary/aromatic N) is 5. The van der Waals surface area contributed by atoms with E-state index in [4.69, 9.17) is 20.8 Å². The smallest absolute Gasteiger partial charge is 0.225 e. The number of rotatable bonds is 7. The van der Waals surface area contributed by atoms with Crippen molar-refractivity contribution in [1.82, 2.24) is 24.6 Å². The molecule has 4 aromatic rings. The van der Waals surface area contributed by atoms with Crippen LogP contribution in [0.25, 0.3) is 22.3 Å². The second-order valence-corrected chi connectivity index (χ2v) is 8.82. The number of aryl methyl sites for hydroxylation is 1. The maximum absolute atomic E-state index is 6.60. The summed E-state index contributed by atoms with van der Waals surface area (Å²) in [5.74, 6) is 1.19. The van der Waals surface area contributed by atoms with Crippen LogP contribution in [0, 0.1) is 6.92 Å². The molecule has 5 rings (SSSR count). The molecular weight excluding hydrogens is 410 g/mol. The molecule has 2 aromatic carbocycles. The molecule has 0 radical (unpaired) electrons. The Kier molecular flexibility index (Phi) is 6.21. The van der Waals surface area contributed by atoms with Crippen molar-refractivity contribution in [1.29, 1.82) is 0 Å². The monoisotopic (exact) mass is 441 g/mol. The number of piperidine rings is 1. The number of nitrogens with two attached hydrogens (primary N) is 1. The largest absolute Gasteiger partial charge is 0.383 e. The summed E-state index contributed by atoms with van der Waals surface area (Å²) < 4.78 is 1.82. The third kappa shape index (κ3) is 4.83. The van der Waals surface area contributed by atoms with Crippen molar-refractivity contribution >= 4 is 22.8 Å². The van der Waals surface area contributed by atoms with E-state index in [0.29, 0.717) is 24.0 Å². The SMILES string of the molecule is Cc1cccc(-c2nc(NCCN3CCCCC3)nc3nn(Cc4ccccc4)c(N)c23)c1. The summed E-state index contributed by atoms with van der Waals surface area (Å²) in [5.41, 5.74) is 11.4. The molecule has 0 amide bonds. The average Bonchev–Trinajstić information content (AvgIpc) is 3.15. The molecule has 0 spiro atoms. The number of benzene rings is 2. The minimum atomic E-state index is 0.588. The van der Waals surface area contributed by atoms with Gasteiger partial charge in [0.1, 0.15) is 5.82 Å². The fourth-order valence-electron chi connectivity index (χ4n) is 4.52. The zero-order valence-corrected chi connectivity index (χ0v) is 19.2. The molecule has 0 bridgehead atoms. The molecule has 0 unspecified atom stereocenters. The van der Waals surface area contributed by atoms with Gasteiger partial charge >= 0.3 is 0 Å². The van der Waals surface area contributed by atoms with Gasteiger partial charge < -0.3 is 16.0 Å². The summed E-state index contributed by atoms with van der Waals surface area (Å²) >= 11 is 0. The number of anilines is 2. The molecule has 1 fully saturated rings. The summed E-state index contributed by atoms with van der Waals surface area (Å²) in [6, 6.07) is 18.5. The third-order valence-corrected chi connectivity index (χ3v) is 6.27. The van der Waals surface area contributed by atoms with Gasteiger partial charge in [-0.2, -0.15) is 4.98 Å². The lowest BCUT2D eigenvalue weighted by molar-refractivity contribution is 0.237. The van der Waals surface area contributed by atoms with E-state index in [-0.39, 0.29) is 0 Å². The lowest BCUT2D eigenvalue weighted by Gasteiger charge is -2.26. The van der Waals surface area contributed by atoms with Crippen LogP contribution in [-0.4, -0.2) is 50.8 Å². The highest BCUT2D eigenvalue weighted by molar-refractivity contribution is 5.99. The summed E-state index contributed by atoms with van der Waals surface area (Å²) in [7, 11) is 0. The Hall–Kier alpha value is -3.45. The Morgan fingerprint density at radius 2 is 1.79 bits per heavy atom. The quantitative estimate of drug-likeness (QED) is 0.444. The first-order chi connectivity index (χ1) is 16.2. The van der Waals surface area contributed by atoms with Crippen molar-refractivity contribution in [3.05, 3.63) is 65.7 Å². The van der Waals surface area contributed by atoms with Gasteiger partial charge in [-0.25, -0.2) is 9.67 Å². The first kappa shape index (κ1) is 21.4. The number of likely N-dealkylation sites (tertiary alicyclic amines) is 1. The van der Waals surface area contributed by atoms with Gasteiger partial charge in [0.2, 0.25) is 5.95 Å². The molecule has 7 heteroatoms. The molecule has 3 heterocycles.